The molecule has 1 N–H and O–H groups in total. The Morgan fingerprint density at radius 1 is 1.37 bits per heavy atom. The maximum atomic E-state index is 10.9. The predicted molar refractivity (Wildman–Crippen MR) is 72.5 cm³/mol. The summed E-state index contributed by atoms with van der Waals surface area (Å²) in [6, 6.07) is 1.87. The fourth-order valence-corrected chi connectivity index (χ4v) is 2.41. The first-order chi connectivity index (χ1) is 8.13. The van der Waals surface area contributed by atoms with Crippen LogP contribution in [-0.4, -0.2) is 16.1 Å². The molecule has 0 radical (unpaired) electrons. The molecule has 1 aliphatic rings. The van der Waals surface area contributed by atoms with Gasteiger partial charge >= 0.3 is 38.7 Å². The molecule has 1 aromatic heterocycles. The summed E-state index contributed by atoms with van der Waals surface area (Å²) in [7, 11) is 0. The van der Waals surface area contributed by atoms with Crippen molar-refractivity contribution in [1.82, 2.24) is 4.98 Å². The van der Waals surface area contributed by atoms with Crippen LogP contribution in [-0.2, 0) is 42.9 Å². The number of allylic oxidation sites excluding steroid dienone is 1. The van der Waals surface area contributed by atoms with Gasteiger partial charge in [0.2, 0.25) is 0 Å². The van der Waals surface area contributed by atoms with Crippen molar-refractivity contribution in [3.63, 3.8) is 0 Å². The third kappa shape index (κ3) is 3.32. The fourth-order valence-electron chi connectivity index (χ4n) is 2.41. The van der Waals surface area contributed by atoms with E-state index in [1.165, 1.54) is 0 Å². The van der Waals surface area contributed by atoms with Crippen LogP contribution >= 0.6 is 0 Å². The van der Waals surface area contributed by atoms with Gasteiger partial charge in [0.05, 0.1) is 6.42 Å². The molecule has 1 aliphatic carbocycles. The summed E-state index contributed by atoms with van der Waals surface area (Å²) in [6.07, 6.45) is 6.87. The SMILES string of the molecule is [CH2-]CC1(C[CH2-])C=C(CC(=O)O)c2ccncc21.[CH3-].[Y+3]. The van der Waals surface area contributed by atoms with Crippen molar-refractivity contribution in [3.8, 4) is 0 Å². The zero-order valence-electron chi connectivity index (χ0n) is 11.2. The Kier molecular flexibility index (Phi) is 7.09. The van der Waals surface area contributed by atoms with Crippen molar-refractivity contribution in [2.24, 2.45) is 0 Å². The number of fused-ring (bicyclic) bond motifs is 1. The van der Waals surface area contributed by atoms with Crippen molar-refractivity contribution >= 4 is 11.5 Å². The van der Waals surface area contributed by atoms with Crippen molar-refractivity contribution in [2.45, 2.75) is 24.7 Å². The van der Waals surface area contributed by atoms with Gasteiger partial charge in [-0.1, -0.05) is 6.08 Å². The molecule has 1 heterocycles. The van der Waals surface area contributed by atoms with Gasteiger partial charge < -0.3 is 26.4 Å². The molecule has 0 saturated carbocycles. The molecular formula is C15H18NO2Y. The first kappa shape index (κ1) is 18.5. The van der Waals surface area contributed by atoms with Gasteiger partial charge in [0.25, 0.3) is 0 Å². The molecule has 98 valence electrons. The number of hydrogen-bond donors (Lipinski definition) is 1. The van der Waals surface area contributed by atoms with Gasteiger partial charge in [0.1, 0.15) is 0 Å². The van der Waals surface area contributed by atoms with Gasteiger partial charge in [0.15, 0.2) is 0 Å². The molecule has 0 amide bonds. The van der Waals surface area contributed by atoms with E-state index in [-0.39, 0.29) is 52.0 Å². The first-order valence-corrected chi connectivity index (χ1v) is 5.60. The Bertz CT molecular complexity index is 479. The fraction of sp³-hybridized carbons (Fsp3) is 0.267. The molecule has 0 aliphatic heterocycles. The number of aromatic nitrogens is 1. The molecule has 0 aromatic carbocycles. The molecule has 0 unspecified atom stereocenters. The second-order valence-corrected chi connectivity index (χ2v) is 4.32. The molecular weight excluding hydrogens is 315 g/mol. The Hall–Kier alpha value is -0.536. The van der Waals surface area contributed by atoms with Crippen LogP contribution in [0.4, 0.5) is 0 Å². The van der Waals surface area contributed by atoms with Gasteiger partial charge in [-0.3, -0.25) is 9.78 Å². The monoisotopic (exact) mass is 333 g/mol. The molecule has 0 spiro atoms. The minimum Gasteiger partial charge on any atom is -0.481 e. The van der Waals surface area contributed by atoms with Gasteiger partial charge in [-0.05, 0) is 28.2 Å². The minimum absolute atomic E-state index is 0. The molecule has 4 heteroatoms. The van der Waals surface area contributed by atoms with Crippen LogP contribution in [0.15, 0.2) is 24.5 Å². The number of carboxylic acid groups (broad SMARTS) is 1. The average molecular weight is 333 g/mol. The Balaban J connectivity index is 0.00000162. The number of carboxylic acids is 1. The Labute approximate surface area is 140 Å². The van der Waals surface area contributed by atoms with Gasteiger partial charge in [-0.2, -0.15) is 12.8 Å². The number of aliphatic carboxylic acids is 1. The number of hydrogen-bond acceptors (Lipinski definition) is 2. The molecule has 19 heavy (non-hydrogen) atoms. The van der Waals surface area contributed by atoms with Crippen LogP contribution in [0, 0.1) is 21.3 Å². The normalized spacial score (nSPS) is 14.7. The van der Waals surface area contributed by atoms with E-state index in [0.717, 1.165) is 16.7 Å². The van der Waals surface area contributed by atoms with Gasteiger partial charge in [-0.15, -0.1) is 0 Å². The van der Waals surface area contributed by atoms with E-state index in [0.29, 0.717) is 12.8 Å². The van der Waals surface area contributed by atoms with Crippen LogP contribution < -0.4 is 0 Å². The number of rotatable bonds is 4. The molecule has 0 saturated heterocycles. The maximum Gasteiger partial charge on any atom is 3.00 e. The van der Waals surface area contributed by atoms with Crippen LogP contribution in [0.25, 0.3) is 5.57 Å². The summed E-state index contributed by atoms with van der Waals surface area (Å²) in [4.78, 5) is 15.0. The zero-order valence-corrected chi connectivity index (χ0v) is 14.1. The number of carbonyl (C=O) groups is 1. The Morgan fingerprint density at radius 2 is 2.00 bits per heavy atom. The van der Waals surface area contributed by atoms with E-state index in [9.17, 15) is 4.79 Å². The largest absolute Gasteiger partial charge is 3.00 e. The van der Waals surface area contributed by atoms with E-state index < -0.39 is 5.97 Å². The van der Waals surface area contributed by atoms with E-state index >= 15 is 0 Å². The zero-order chi connectivity index (χ0) is 12.5. The minimum atomic E-state index is -0.817. The van der Waals surface area contributed by atoms with Crippen LogP contribution in [0.3, 0.4) is 0 Å². The second-order valence-electron chi connectivity index (χ2n) is 4.32. The Morgan fingerprint density at radius 3 is 2.53 bits per heavy atom. The maximum absolute atomic E-state index is 10.9. The van der Waals surface area contributed by atoms with Crippen LogP contribution in [0.1, 0.15) is 30.4 Å². The molecule has 1 aromatic rings. The topological polar surface area (TPSA) is 50.2 Å². The molecule has 0 fully saturated rings. The predicted octanol–water partition coefficient (Wildman–Crippen LogP) is 3.09. The molecule has 0 bridgehead atoms. The quantitative estimate of drug-likeness (QED) is 0.862. The summed E-state index contributed by atoms with van der Waals surface area (Å²) >= 11 is 0. The smallest absolute Gasteiger partial charge is 0.481 e. The third-order valence-corrected chi connectivity index (χ3v) is 3.39. The van der Waals surface area contributed by atoms with E-state index in [1.807, 2.05) is 12.1 Å². The van der Waals surface area contributed by atoms with E-state index in [4.69, 9.17) is 5.11 Å². The molecule has 2 rings (SSSR count). The van der Waals surface area contributed by atoms with Crippen molar-refractivity contribution < 1.29 is 42.6 Å². The molecule has 3 nitrogen and oxygen atoms in total. The summed E-state index contributed by atoms with van der Waals surface area (Å²) in [6.45, 7) is 7.93. The number of nitrogens with zero attached hydrogens (tertiary/aromatic N) is 1. The standard InChI is InChI=1S/C14H15NO2.CH3.Y/c1-3-14(4-2)8-10(7-13(16)17)11-5-6-15-9-12(11)14;;/h5-6,8-9H,1-4,7H2,(H,16,17);1H3;/q-2;-1;+3. The van der Waals surface area contributed by atoms with E-state index in [1.54, 1.807) is 12.4 Å². The van der Waals surface area contributed by atoms with Crippen molar-refractivity contribution in [3.05, 3.63) is 56.9 Å². The number of pyridine rings is 1. The van der Waals surface area contributed by atoms with E-state index in [2.05, 4.69) is 18.8 Å². The van der Waals surface area contributed by atoms with Crippen molar-refractivity contribution in [1.29, 1.82) is 0 Å². The average Bonchev–Trinajstić information content (AvgIpc) is 2.64. The van der Waals surface area contributed by atoms with Gasteiger partial charge in [-0.25, -0.2) is 0 Å². The summed E-state index contributed by atoms with van der Waals surface area (Å²) in [5, 5.41) is 8.93. The molecule has 0 atom stereocenters. The van der Waals surface area contributed by atoms with Crippen LogP contribution in [0.5, 0.6) is 0 Å². The van der Waals surface area contributed by atoms with Crippen molar-refractivity contribution in [2.75, 3.05) is 0 Å². The van der Waals surface area contributed by atoms with Crippen LogP contribution in [0.2, 0.25) is 0 Å². The summed E-state index contributed by atoms with van der Waals surface area (Å²) in [5.74, 6) is -0.817. The third-order valence-electron chi connectivity index (χ3n) is 3.39. The first-order valence-electron chi connectivity index (χ1n) is 5.60. The summed E-state index contributed by atoms with van der Waals surface area (Å²) in [5.41, 5.74) is 2.65. The summed E-state index contributed by atoms with van der Waals surface area (Å²) < 4.78 is 0. The van der Waals surface area contributed by atoms with Gasteiger partial charge in [0, 0.05) is 12.4 Å². The second kappa shape index (κ2) is 7.30.